The van der Waals surface area contributed by atoms with Gasteiger partial charge in [0.25, 0.3) is 0 Å². The zero-order chi connectivity index (χ0) is 12.2. The van der Waals surface area contributed by atoms with E-state index in [1.165, 1.54) is 50.3 Å². The molecule has 1 aromatic carbocycles. The van der Waals surface area contributed by atoms with Gasteiger partial charge in [-0.25, -0.2) is 0 Å². The fraction of sp³-hybridized carbons (Fsp3) is 0.600. The van der Waals surface area contributed by atoms with Crippen LogP contribution in [-0.2, 0) is 10.9 Å². The number of benzene rings is 1. The van der Waals surface area contributed by atoms with Crippen molar-refractivity contribution in [3.63, 3.8) is 0 Å². The molecule has 0 aromatic heterocycles. The van der Waals surface area contributed by atoms with Gasteiger partial charge in [-0.3, -0.25) is 0 Å². The maximum absolute atomic E-state index is 5.65. The molecule has 0 aliphatic rings. The fourth-order valence-electron chi connectivity index (χ4n) is 1.74. The molecule has 0 bridgehead atoms. The molecule has 1 rings (SSSR count). The minimum atomic E-state index is 0.720. The zero-order valence-corrected chi connectivity index (χ0v) is 12.0. The largest absolute Gasteiger partial charge is 0.362 e. The second kappa shape index (κ2) is 10.7. The number of hydrogen-bond donors (Lipinski definition) is 0. The standard InChI is InChI=1S/C15H25OP/c1-2-3-9-14-17-16-13-8-7-12-15-10-5-4-6-11-15/h4-6,10-11,17H,2-3,7-9,12-14H2,1H3. The van der Waals surface area contributed by atoms with Crippen LogP contribution in [0.5, 0.6) is 0 Å². The highest BCUT2D eigenvalue weighted by atomic mass is 31.1. The Morgan fingerprint density at radius 3 is 2.59 bits per heavy atom. The van der Waals surface area contributed by atoms with Crippen molar-refractivity contribution in [1.82, 2.24) is 0 Å². The van der Waals surface area contributed by atoms with E-state index in [2.05, 4.69) is 37.3 Å². The van der Waals surface area contributed by atoms with Crippen LogP contribution in [0, 0.1) is 0 Å². The second-order valence-electron chi connectivity index (χ2n) is 4.39. The molecule has 96 valence electrons. The third-order valence-electron chi connectivity index (χ3n) is 2.79. The SMILES string of the molecule is CCCCCPOCCCCc1ccccc1. The summed E-state index contributed by atoms with van der Waals surface area (Å²) in [4.78, 5) is 0. The van der Waals surface area contributed by atoms with Crippen molar-refractivity contribution in [1.29, 1.82) is 0 Å². The van der Waals surface area contributed by atoms with Crippen LogP contribution in [0.15, 0.2) is 30.3 Å². The first-order valence-electron chi connectivity index (χ1n) is 6.82. The Bertz CT molecular complexity index is 261. The van der Waals surface area contributed by atoms with Gasteiger partial charge in [-0.1, -0.05) is 50.1 Å². The molecule has 0 saturated heterocycles. The highest BCUT2D eigenvalue weighted by molar-refractivity contribution is 7.32. The van der Waals surface area contributed by atoms with Crippen LogP contribution in [-0.4, -0.2) is 12.8 Å². The van der Waals surface area contributed by atoms with Crippen LogP contribution in [0.4, 0.5) is 0 Å². The van der Waals surface area contributed by atoms with Gasteiger partial charge < -0.3 is 4.52 Å². The Labute approximate surface area is 108 Å². The first-order chi connectivity index (χ1) is 8.43. The summed E-state index contributed by atoms with van der Waals surface area (Å²) >= 11 is 0. The molecule has 0 radical (unpaired) electrons. The summed E-state index contributed by atoms with van der Waals surface area (Å²) in [6, 6.07) is 10.7. The lowest BCUT2D eigenvalue weighted by Gasteiger charge is -2.04. The fourth-order valence-corrected chi connectivity index (χ4v) is 2.57. The van der Waals surface area contributed by atoms with E-state index < -0.39 is 0 Å². The van der Waals surface area contributed by atoms with Gasteiger partial charge in [0.1, 0.15) is 0 Å². The summed E-state index contributed by atoms with van der Waals surface area (Å²) < 4.78 is 5.65. The van der Waals surface area contributed by atoms with Crippen molar-refractivity contribution < 1.29 is 4.52 Å². The minimum absolute atomic E-state index is 0.720. The van der Waals surface area contributed by atoms with Gasteiger partial charge in [0.2, 0.25) is 0 Å². The van der Waals surface area contributed by atoms with Crippen LogP contribution >= 0.6 is 8.81 Å². The van der Waals surface area contributed by atoms with E-state index in [4.69, 9.17) is 4.52 Å². The Balaban J connectivity index is 1.85. The van der Waals surface area contributed by atoms with E-state index in [-0.39, 0.29) is 0 Å². The number of rotatable bonds is 10. The predicted octanol–water partition coefficient (Wildman–Crippen LogP) is 4.81. The molecule has 1 unspecified atom stereocenters. The number of aryl methyl sites for hydroxylation is 1. The van der Waals surface area contributed by atoms with Crippen LogP contribution in [0.1, 0.15) is 44.6 Å². The molecule has 0 spiro atoms. The zero-order valence-electron chi connectivity index (χ0n) is 11.0. The molecular weight excluding hydrogens is 227 g/mol. The van der Waals surface area contributed by atoms with Gasteiger partial charge in [-0.05, 0) is 37.4 Å². The first kappa shape index (κ1) is 14.7. The molecule has 0 heterocycles. The third kappa shape index (κ3) is 8.35. The summed E-state index contributed by atoms with van der Waals surface area (Å²) in [7, 11) is 0.720. The summed E-state index contributed by atoms with van der Waals surface area (Å²) in [5, 5.41) is 0. The van der Waals surface area contributed by atoms with Gasteiger partial charge in [-0.2, -0.15) is 0 Å². The van der Waals surface area contributed by atoms with Gasteiger partial charge in [0.05, 0.1) is 6.61 Å². The Hall–Kier alpha value is -0.390. The normalized spacial score (nSPS) is 11.4. The van der Waals surface area contributed by atoms with Crippen LogP contribution in [0.3, 0.4) is 0 Å². The molecular formula is C15H25OP. The molecule has 0 N–H and O–H groups in total. The number of unbranched alkanes of at least 4 members (excludes halogenated alkanes) is 3. The second-order valence-corrected chi connectivity index (χ2v) is 5.47. The van der Waals surface area contributed by atoms with Crippen molar-refractivity contribution in [3.05, 3.63) is 35.9 Å². The van der Waals surface area contributed by atoms with Crippen molar-refractivity contribution >= 4 is 8.81 Å². The molecule has 0 fully saturated rings. The van der Waals surface area contributed by atoms with Gasteiger partial charge in [0.15, 0.2) is 0 Å². The van der Waals surface area contributed by atoms with Crippen LogP contribution < -0.4 is 0 Å². The molecule has 0 aliphatic heterocycles. The van der Waals surface area contributed by atoms with Crippen LogP contribution in [0.2, 0.25) is 0 Å². The van der Waals surface area contributed by atoms with Crippen molar-refractivity contribution in [2.75, 3.05) is 12.8 Å². The van der Waals surface area contributed by atoms with E-state index in [1.54, 1.807) is 0 Å². The Morgan fingerprint density at radius 1 is 1.00 bits per heavy atom. The molecule has 1 atom stereocenters. The molecule has 2 heteroatoms. The van der Waals surface area contributed by atoms with E-state index in [9.17, 15) is 0 Å². The van der Waals surface area contributed by atoms with Crippen LogP contribution in [0.25, 0.3) is 0 Å². The lowest BCUT2D eigenvalue weighted by atomic mass is 10.1. The Morgan fingerprint density at radius 2 is 1.82 bits per heavy atom. The topological polar surface area (TPSA) is 9.23 Å². The minimum Gasteiger partial charge on any atom is -0.362 e. The predicted molar refractivity (Wildman–Crippen MR) is 78.0 cm³/mol. The molecule has 0 amide bonds. The summed E-state index contributed by atoms with van der Waals surface area (Å²) in [5.41, 5.74) is 1.44. The highest BCUT2D eigenvalue weighted by Crippen LogP contribution is 2.16. The molecule has 1 nitrogen and oxygen atoms in total. The summed E-state index contributed by atoms with van der Waals surface area (Å²) in [6.45, 7) is 3.19. The lowest BCUT2D eigenvalue weighted by molar-refractivity contribution is 0.348. The monoisotopic (exact) mass is 252 g/mol. The van der Waals surface area contributed by atoms with Gasteiger partial charge in [-0.15, -0.1) is 0 Å². The van der Waals surface area contributed by atoms with Gasteiger partial charge >= 0.3 is 0 Å². The van der Waals surface area contributed by atoms with Crippen molar-refractivity contribution in [2.45, 2.75) is 45.4 Å². The van der Waals surface area contributed by atoms with E-state index in [0.29, 0.717) is 0 Å². The Kier molecular flexibility index (Phi) is 9.27. The quantitative estimate of drug-likeness (QED) is 0.429. The van der Waals surface area contributed by atoms with Crippen molar-refractivity contribution in [3.8, 4) is 0 Å². The van der Waals surface area contributed by atoms with E-state index >= 15 is 0 Å². The van der Waals surface area contributed by atoms with E-state index in [1.807, 2.05) is 0 Å². The summed E-state index contributed by atoms with van der Waals surface area (Å²) in [6.07, 6.45) is 8.86. The van der Waals surface area contributed by atoms with Crippen molar-refractivity contribution in [2.24, 2.45) is 0 Å². The van der Waals surface area contributed by atoms with Gasteiger partial charge in [0, 0.05) is 8.81 Å². The number of hydrogen-bond acceptors (Lipinski definition) is 1. The highest BCUT2D eigenvalue weighted by Gasteiger charge is 1.93. The molecule has 17 heavy (non-hydrogen) atoms. The average Bonchev–Trinajstić information content (AvgIpc) is 2.38. The average molecular weight is 252 g/mol. The maximum atomic E-state index is 5.65. The van der Waals surface area contributed by atoms with E-state index in [0.717, 1.165) is 15.4 Å². The molecule has 1 aromatic rings. The third-order valence-corrected chi connectivity index (χ3v) is 3.76. The summed E-state index contributed by atoms with van der Waals surface area (Å²) in [5.74, 6) is 0. The lowest BCUT2D eigenvalue weighted by Crippen LogP contribution is -1.90. The smallest absolute Gasteiger partial charge is 0.0505 e. The molecule has 0 aliphatic carbocycles. The molecule has 0 saturated carbocycles. The first-order valence-corrected chi connectivity index (χ1v) is 7.93. The maximum Gasteiger partial charge on any atom is 0.0505 e.